The molecule has 0 radical (unpaired) electrons. The first-order chi connectivity index (χ1) is 7.50. The van der Waals surface area contributed by atoms with Crippen LogP contribution in [0.1, 0.15) is 11.4 Å². The predicted molar refractivity (Wildman–Crippen MR) is 67.5 cm³/mol. The third-order valence-corrected chi connectivity index (χ3v) is 3.04. The molecular weight excluding hydrogens is 245 g/mol. The van der Waals surface area contributed by atoms with Crippen LogP contribution in [0.2, 0.25) is 10.0 Å². The first kappa shape index (κ1) is 11.3. The topological polar surface area (TPSA) is 43.8 Å². The van der Waals surface area contributed by atoms with E-state index in [2.05, 4.69) is 5.10 Å². The molecule has 0 bridgehead atoms. The Bertz CT molecular complexity index is 546. The Kier molecular flexibility index (Phi) is 2.82. The van der Waals surface area contributed by atoms with Crippen LogP contribution in [0.5, 0.6) is 0 Å². The van der Waals surface area contributed by atoms with E-state index >= 15 is 0 Å². The van der Waals surface area contributed by atoms with E-state index in [1.165, 1.54) is 0 Å². The molecule has 0 aliphatic heterocycles. The molecule has 2 N–H and O–H groups in total. The lowest BCUT2D eigenvalue weighted by molar-refractivity contribution is 0.834. The number of halogens is 2. The average Bonchev–Trinajstić information content (AvgIpc) is 2.50. The van der Waals surface area contributed by atoms with E-state index in [0.717, 1.165) is 17.1 Å². The van der Waals surface area contributed by atoms with Crippen LogP contribution in [-0.4, -0.2) is 9.78 Å². The van der Waals surface area contributed by atoms with Gasteiger partial charge >= 0.3 is 0 Å². The molecule has 0 saturated carbocycles. The minimum Gasteiger partial charge on any atom is -0.396 e. The van der Waals surface area contributed by atoms with Gasteiger partial charge in [0.25, 0.3) is 0 Å². The Hall–Kier alpha value is -1.19. The van der Waals surface area contributed by atoms with Crippen molar-refractivity contribution in [3.63, 3.8) is 0 Å². The first-order valence-electron chi connectivity index (χ1n) is 4.78. The normalized spacial score (nSPS) is 10.8. The number of nitrogens with two attached hydrogens (primary N) is 1. The number of benzene rings is 1. The number of anilines is 1. The Labute approximate surface area is 104 Å². The monoisotopic (exact) mass is 255 g/mol. The average molecular weight is 256 g/mol. The van der Waals surface area contributed by atoms with E-state index in [-0.39, 0.29) is 0 Å². The molecule has 3 nitrogen and oxygen atoms in total. The molecule has 2 rings (SSSR count). The highest BCUT2D eigenvalue weighted by Crippen LogP contribution is 2.27. The molecule has 0 amide bonds. The van der Waals surface area contributed by atoms with Crippen LogP contribution >= 0.6 is 23.2 Å². The molecule has 2 aromatic rings. The molecule has 1 heterocycles. The summed E-state index contributed by atoms with van der Waals surface area (Å²) >= 11 is 12.0. The molecule has 1 aromatic carbocycles. The summed E-state index contributed by atoms with van der Waals surface area (Å²) in [6.07, 6.45) is 0. The lowest BCUT2D eigenvalue weighted by Gasteiger charge is -2.07. The zero-order valence-electron chi connectivity index (χ0n) is 8.96. The highest BCUT2D eigenvalue weighted by atomic mass is 35.5. The fourth-order valence-electron chi connectivity index (χ4n) is 1.54. The highest BCUT2D eigenvalue weighted by Gasteiger charge is 2.12. The Balaban J connectivity index is 2.67. The van der Waals surface area contributed by atoms with Crippen molar-refractivity contribution in [3.05, 3.63) is 39.6 Å². The molecule has 0 unspecified atom stereocenters. The van der Waals surface area contributed by atoms with Gasteiger partial charge in [-0.15, -0.1) is 0 Å². The zero-order chi connectivity index (χ0) is 11.9. The standard InChI is InChI=1S/C11H11Cl2N3/c1-6-11(14)7(2)16(15-6)10-5-8(12)3-4-9(10)13/h3-5H,14H2,1-2H3. The van der Waals surface area contributed by atoms with Gasteiger partial charge in [0.1, 0.15) is 0 Å². The van der Waals surface area contributed by atoms with Gasteiger partial charge in [-0.25, -0.2) is 4.68 Å². The van der Waals surface area contributed by atoms with E-state index in [4.69, 9.17) is 28.9 Å². The fourth-order valence-corrected chi connectivity index (χ4v) is 1.90. The van der Waals surface area contributed by atoms with E-state index in [1.54, 1.807) is 22.9 Å². The van der Waals surface area contributed by atoms with Crippen molar-refractivity contribution < 1.29 is 0 Å². The van der Waals surface area contributed by atoms with Gasteiger partial charge in [-0.05, 0) is 32.0 Å². The SMILES string of the molecule is Cc1nn(-c2cc(Cl)ccc2Cl)c(C)c1N. The van der Waals surface area contributed by atoms with Crippen LogP contribution in [0, 0.1) is 13.8 Å². The minimum atomic E-state index is 0.593. The van der Waals surface area contributed by atoms with Crippen molar-refractivity contribution in [3.8, 4) is 5.69 Å². The van der Waals surface area contributed by atoms with Crippen molar-refractivity contribution in [1.29, 1.82) is 0 Å². The van der Waals surface area contributed by atoms with Crippen LogP contribution < -0.4 is 5.73 Å². The summed E-state index contributed by atoms with van der Waals surface area (Å²) in [6.45, 7) is 3.75. The summed E-state index contributed by atoms with van der Waals surface area (Å²) in [5.74, 6) is 0. The van der Waals surface area contributed by atoms with E-state index in [1.807, 2.05) is 13.8 Å². The molecule has 0 spiro atoms. The molecule has 0 atom stereocenters. The fraction of sp³-hybridized carbons (Fsp3) is 0.182. The number of hydrogen-bond donors (Lipinski definition) is 1. The van der Waals surface area contributed by atoms with Crippen molar-refractivity contribution in [2.24, 2.45) is 0 Å². The lowest BCUT2D eigenvalue weighted by Crippen LogP contribution is -2.00. The highest BCUT2D eigenvalue weighted by molar-refractivity contribution is 6.34. The molecule has 0 aliphatic carbocycles. The van der Waals surface area contributed by atoms with Gasteiger partial charge in [-0.1, -0.05) is 23.2 Å². The summed E-state index contributed by atoms with van der Waals surface area (Å²) in [7, 11) is 0. The Morgan fingerprint density at radius 2 is 1.94 bits per heavy atom. The van der Waals surface area contributed by atoms with Crippen molar-refractivity contribution >= 4 is 28.9 Å². The maximum absolute atomic E-state index is 6.10. The van der Waals surface area contributed by atoms with Gasteiger partial charge in [0.15, 0.2) is 0 Å². The van der Waals surface area contributed by atoms with Crippen LogP contribution in [0.15, 0.2) is 18.2 Å². The largest absolute Gasteiger partial charge is 0.396 e. The van der Waals surface area contributed by atoms with Gasteiger partial charge in [0, 0.05) is 5.02 Å². The molecule has 1 aromatic heterocycles. The molecule has 16 heavy (non-hydrogen) atoms. The predicted octanol–water partition coefficient (Wildman–Crippen LogP) is 3.38. The van der Waals surface area contributed by atoms with Crippen LogP contribution in [0.3, 0.4) is 0 Å². The maximum Gasteiger partial charge on any atom is 0.0850 e. The van der Waals surface area contributed by atoms with E-state index < -0.39 is 0 Å². The summed E-state index contributed by atoms with van der Waals surface area (Å²) in [6, 6.07) is 5.25. The number of aryl methyl sites for hydroxylation is 1. The zero-order valence-corrected chi connectivity index (χ0v) is 10.5. The Morgan fingerprint density at radius 1 is 1.25 bits per heavy atom. The first-order valence-corrected chi connectivity index (χ1v) is 5.53. The van der Waals surface area contributed by atoms with E-state index in [0.29, 0.717) is 15.7 Å². The lowest BCUT2D eigenvalue weighted by atomic mass is 10.3. The van der Waals surface area contributed by atoms with Crippen LogP contribution in [-0.2, 0) is 0 Å². The number of nitrogen functional groups attached to an aromatic ring is 1. The molecule has 0 aliphatic rings. The van der Waals surface area contributed by atoms with Crippen LogP contribution in [0.25, 0.3) is 5.69 Å². The minimum absolute atomic E-state index is 0.593. The number of aromatic nitrogens is 2. The maximum atomic E-state index is 6.10. The molecule has 0 saturated heterocycles. The summed E-state index contributed by atoms with van der Waals surface area (Å²) < 4.78 is 1.71. The molecule has 0 fully saturated rings. The second-order valence-corrected chi connectivity index (χ2v) is 4.44. The smallest absolute Gasteiger partial charge is 0.0850 e. The quantitative estimate of drug-likeness (QED) is 0.849. The third kappa shape index (κ3) is 1.77. The van der Waals surface area contributed by atoms with Gasteiger partial charge < -0.3 is 5.73 Å². The molecular formula is C11H11Cl2N3. The van der Waals surface area contributed by atoms with Crippen molar-refractivity contribution in [2.45, 2.75) is 13.8 Å². The summed E-state index contributed by atoms with van der Waals surface area (Å²) in [5, 5.41) is 5.54. The van der Waals surface area contributed by atoms with Gasteiger partial charge in [-0.2, -0.15) is 5.10 Å². The summed E-state index contributed by atoms with van der Waals surface area (Å²) in [4.78, 5) is 0. The van der Waals surface area contributed by atoms with Crippen molar-refractivity contribution in [2.75, 3.05) is 5.73 Å². The second kappa shape index (κ2) is 4.00. The number of rotatable bonds is 1. The second-order valence-electron chi connectivity index (χ2n) is 3.59. The van der Waals surface area contributed by atoms with Crippen LogP contribution in [0.4, 0.5) is 5.69 Å². The van der Waals surface area contributed by atoms with Gasteiger partial charge in [0.05, 0.1) is 27.8 Å². The number of nitrogens with zero attached hydrogens (tertiary/aromatic N) is 2. The van der Waals surface area contributed by atoms with Crippen molar-refractivity contribution in [1.82, 2.24) is 9.78 Å². The molecule has 5 heteroatoms. The van der Waals surface area contributed by atoms with Gasteiger partial charge in [0.2, 0.25) is 0 Å². The summed E-state index contributed by atoms with van der Waals surface area (Å²) in [5.41, 5.74) is 8.94. The third-order valence-electron chi connectivity index (χ3n) is 2.48. The van der Waals surface area contributed by atoms with Gasteiger partial charge in [-0.3, -0.25) is 0 Å². The Morgan fingerprint density at radius 3 is 2.50 bits per heavy atom. The number of hydrogen-bond acceptors (Lipinski definition) is 2. The van der Waals surface area contributed by atoms with E-state index in [9.17, 15) is 0 Å². The molecule has 84 valence electrons.